The van der Waals surface area contributed by atoms with E-state index in [1.165, 1.54) is 0 Å². The summed E-state index contributed by atoms with van der Waals surface area (Å²) in [5.74, 6) is -4.83. The molecule has 158 valence electrons. The van der Waals surface area contributed by atoms with Gasteiger partial charge < -0.3 is 28.4 Å². The van der Waals surface area contributed by atoms with Crippen LogP contribution in [0.15, 0.2) is 0 Å². The second-order valence-corrected chi connectivity index (χ2v) is 4.79. The maximum atomic E-state index is 11.3. The van der Waals surface area contributed by atoms with Gasteiger partial charge in [-0.05, 0) is 0 Å². The van der Waals surface area contributed by atoms with Crippen molar-refractivity contribution in [2.45, 2.75) is 26.7 Å². The van der Waals surface area contributed by atoms with Crippen LogP contribution in [-0.2, 0) is 57.2 Å². The Labute approximate surface area is 160 Å². The van der Waals surface area contributed by atoms with Crippen molar-refractivity contribution in [3.63, 3.8) is 0 Å². The first kappa shape index (κ1) is 24.8. The second-order valence-electron chi connectivity index (χ2n) is 4.79. The fraction of sp³-hybridized carbons (Fsp3) is 0.625. The molecule has 0 amide bonds. The van der Waals surface area contributed by atoms with Crippen molar-refractivity contribution in [2.24, 2.45) is 0 Å². The molecule has 0 radical (unpaired) electrons. The molecule has 0 aromatic heterocycles. The molecule has 0 aromatic rings. The topological polar surface area (TPSA) is 158 Å². The van der Waals surface area contributed by atoms with Gasteiger partial charge in [0, 0.05) is 12.8 Å². The SMILES string of the molecule is CCC(=O)OCC(=O)OCC(=O)OCCOC(=O)COC(=O)COC(=O)CC. The first-order valence-corrected chi connectivity index (χ1v) is 8.22. The standard InChI is InChI=1S/C16H22O12/c1-3-11(17)25-9-15(21)27-7-13(19)23-5-6-24-14(20)8-28-16(22)10-26-12(18)4-2/h3-10H2,1-2H3. The van der Waals surface area contributed by atoms with Gasteiger partial charge in [-0.25, -0.2) is 19.2 Å². The first-order chi connectivity index (χ1) is 13.3. The Hall–Kier alpha value is -3.18. The van der Waals surface area contributed by atoms with Crippen molar-refractivity contribution in [2.75, 3.05) is 39.6 Å². The van der Waals surface area contributed by atoms with Gasteiger partial charge in [0.25, 0.3) is 0 Å². The largest absolute Gasteiger partial charge is 0.460 e. The quantitative estimate of drug-likeness (QED) is 0.210. The molecule has 0 unspecified atom stereocenters. The number of hydrogen-bond donors (Lipinski definition) is 0. The van der Waals surface area contributed by atoms with Crippen LogP contribution >= 0.6 is 0 Å². The number of ether oxygens (including phenoxy) is 6. The molecule has 0 saturated heterocycles. The highest BCUT2D eigenvalue weighted by molar-refractivity contribution is 5.80. The zero-order chi connectivity index (χ0) is 21.4. The van der Waals surface area contributed by atoms with Gasteiger partial charge in [0.2, 0.25) is 0 Å². The Balaban J connectivity index is 3.72. The maximum absolute atomic E-state index is 11.3. The average molecular weight is 406 g/mol. The first-order valence-electron chi connectivity index (χ1n) is 8.22. The summed E-state index contributed by atoms with van der Waals surface area (Å²) in [6.45, 7) is -0.195. The zero-order valence-corrected chi connectivity index (χ0v) is 15.6. The third-order valence-corrected chi connectivity index (χ3v) is 2.59. The zero-order valence-electron chi connectivity index (χ0n) is 15.6. The van der Waals surface area contributed by atoms with E-state index >= 15 is 0 Å². The van der Waals surface area contributed by atoms with E-state index in [-0.39, 0.29) is 26.1 Å². The highest BCUT2D eigenvalue weighted by atomic mass is 16.6. The predicted molar refractivity (Wildman–Crippen MR) is 86.3 cm³/mol. The summed E-state index contributed by atoms with van der Waals surface area (Å²) in [6, 6.07) is 0. The van der Waals surface area contributed by atoms with Crippen molar-refractivity contribution < 1.29 is 57.2 Å². The Morgan fingerprint density at radius 1 is 0.429 bits per heavy atom. The number of esters is 6. The lowest BCUT2D eigenvalue weighted by atomic mass is 10.5. The molecule has 12 heteroatoms. The summed E-state index contributed by atoms with van der Waals surface area (Å²) in [4.78, 5) is 66.6. The molecule has 0 aliphatic rings. The van der Waals surface area contributed by atoms with Gasteiger partial charge in [0.05, 0.1) is 0 Å². The molecule has 0 aliphatic heterocycles. The summed E-state index contributed by atoms with van der Waals surface area (Å²) in [5, 5.41) is 0. The van der Waals surface area contributed by atoms with Crippen LogP contribution in [0.25, 0.3) is 0 Å². The summed E-state index contributed by atoms with van der Waals surface area (Å²) >= 11 is 0. The van der Waals surface area contributed by atoms with E-state index in [9.17, 15) is 28.8 Å². The molecule has 0 atom stereocenters. The van der Waals surface area contributed by atoms with E-state index in [2.05, 4.69) is 28.4 Å². The van der Waals surface area contributed by atoms with Crippen LogP contribution in [0.5, 0.6) is 0 Å². The van der Waals surface area contributed by atoms with Crippen LogP contribution in [0.2, 0.25) is 0 Å². The fourth-order valence-corrected chi connectivity index (χ4v) is 1.24. The normalized spacial score (nSPS) is 9.64. The lowest BCUT2D eigenvalue weighted by Crippen LogP contribution is -2.24. The van der Waals surface area contributed by atoms with Crippen LogP contribution in [0.3, 0.4) is 0 Å². The minimum Gasteiger partial charge on any atom is -0.460 e. The number of carbonyl (C=O) groups excluding carboxylic acids is 6. The monoisotopic (exact) mass is 406 g/mol. The second kappa shape index (κ2) is 14.9. The number of rotatable bonds is 13. The average Bonchev–Trinajstić information content (AvgIpc) is 2.69. The van der Waals surface area contributed by atoms with E-state index in [1.54, 1.807) is 13.8 Å². The van der Waals surface area contributed by atoms with Crippen LogP contribution in [0.4, 0.5) is 0 Å². The summed E-state index contributed by atoms with van der Waals surface area (Å²) in [7, 11) is 0. The smallest absolute Gasteiger partial charge is 0.344 e. The minimum atomic E-state index is -0.920. The summed E-state index contributed by atoms with van der Waals surface area (Å²) in [5.41, 5.74) is 0. The van der Waals surface area contributed by atoms with Gasteiger partial charge in [-0.15, -0.1) is 0 Å². The van der Waals surface area contributed by atoms with Crippen LogP contribution in [0, 0.1) is 0 Å². The molecule has 0 aliphatic carbocycles. The molecule has 0 bridgehead atoms. The molecule has 0 spiro atoms. The van der Waals surface area contributed by atoms with E-state index in [1.807, 2.05) is 0 Å². The van der Waals surface area contributed by atoms with Gasteiger partial charge >= 0.3 is 35.8 Å². The third-order valence-electron chi connectivity index (χ3n) is 2.59. The Morgan fingerprint density at radius 3 is 0.964 bits per heavy atom. The van der Waals surface area contributed by atoms with E-state index in [0.29, 0.717) is 0 Å². The summed E-state index contributed by atoms with van der Waals surface area (Å²) < 4.78 is 27.2. The molecule has 0 aromatic carbocycles. The number of carbonyl (C=O) groups is 6. The highest BCUT2D eigenvalue weighted by Gasteiger charge is 2.13. The van der Waals surface area contributed by atoms with E-state index in [0.717, 1.165) is 0 Å². The van der Waals surface area contributed by atoms with E-state index < -0.39 is 62.2 Å². The Bertz CT molecular complexity index is 518. The predicted octanol–water partition coefficient (Wildman–Crippen LogP) is -0.934. The fourth-order valence-electron chi connectivity index (χ4n) is 1.24. The molecule has 0 heterocycles. The third kappa shape index (κ3) is 14.0. The molecule has 0 saturated carbocycles. The van der Waals surface area contributed by atoms with Gasteiger partial charge in [0.15, 0.2) is 26.4 Å². The lowest BCUT2D eigenvalue weighted by Gasteiger charge is -2.08. The highest BCUT2D eigenvalue weighted by Crippen LogP contribution is 1.91. The molecule has 12 nitrogen and oxygen atoms in total. The van der Waals surface area contributed by atoms with Gasteiger partial charge in [0.1, 0.15) is 13.2 Å². The molecule has 0 rings (SSSR count). The Kier molecular flexibility index (Phi) is 13.2. The molecular weight excluding hydrogens is 384 g/mol. The minimum absolute atomic E-state index is 0.0968. The Morgan fingerprint density at radius 2 is 0.679 bits per heavy atom. The van der Waals surface area contributed by atoms with Crippen molar-refractivity contribution in [1.82, 2.24) is 0 Å². The molecular formula is C16H22O12. The van der Waals surface area contributed by atoms with Crippen LogP contribution in [-0.4, -0.2) is 75.5 Å². The van der Waals surface area contributed by atoms with Crippen molar-refractivity contribution in [1.29, 1.82) is 0 Å². The van der Waals surface area contributed by atoms with Gasteiger partial charge in [-0.1, -0.05) is 13.8 Å². The number of hydrogen-bond acceptors (Lipinski definition) is 12. The summed E-state index contributed by atoms with van der Waals surface area (Å²) in [6.07, 6.45) is 0.194. The van der Waals surface area contributed by atoms with E-state index in [4.69, 9.17) is 0 Å². The van der Waals surface area contributed by atoms with Gasteiger partial charge in [-0.2, -0.15) is 0 Å². The van der Waals surface area contributed by atoms with Crippen molar-refractivity contribution in [3.8, 4) is 0 Å². The lowest BCUT2D eigenvalue weighted by molar-refractivity contribution is -0.168. The van der Waals surface area contributed by atoms with Crippen molar-refractivity contribution >= 4 is 35.8 Å². The van der Waals surface area contributed by atoms with Crippen LogP contribution < -0.4 is 0 Å². The van der Waals surface area contributed by atoms with Gasteiger partial charge in [-0.3, -0.25) is 9.59 Å². The molecule has 28 heavy (non-hydrogen) atoms. The molecule has 0 fully saturated rings. The van der Waals surface area contributed by atoms with Crippen LogP contribution in [0.1, 0.15) is 26.7 Å². The van der Waals surface area contributed by atoms with Crippen molar-refractivity contribution in [3.05, 3.63) is 0 Å². The molecule has 0 N–H and O–H groups in total. The maximum Gasteiger partial charge on any atom is 0.344 e.